The summed E-state index contributed by atoms with van der Waals surface area (Å²) in [7, 11) is 1.41. The van der Waals surface area contributed by atoms with Gasteiger partial charge in [0.05, 0.1) is 7.11 Å². The molecule has 0 radical (unpaired) electrons. The van der Waals surface area contributed by atoms with E-state index in [1.807, 2.05) is 0 Å². The molecule has 0 aliphatic carbocycles. The summed E-state index contributed by atoms with van der Waals surface area (Å²) in [6.45, 7) is -0.636. The molecular weight excluding hydrogens is 291 g/mol. The summed E-state index contributed by atoms with van der Waals surface area (Å²) in [6.07, 6.45) is -7.12. The lowest BCUT2D eigenvalue weighted by Gasteiger charge is -2.16. The number of hydrogen-bond acceptors (Lipinski definition) is 5. The Kier molecular flexibility index (Phi) is 5.79. The van der Waals surface area contributed by atoms with Gasteiger partial charge in [0.25, 0.3) is 0 Å². The van der Waals surface area contributed by atoms with Crippen LogP contribution in [0, 0.1) is 0 Å². The molecule has 0 bridgehead atoms. The second-order valence-corrected chi connectivity index (χ2v) is 4.20. The molecule has 0 spiro atoms. The van der Waals surface area contributed by atoms with Gasteiger partial charge in [-0.2, -0.15) is 13.2 Å². The molecule has 1 rings (SSSR count). The number of nitrogens with one attached hydrogen (secondary N) is 1. The number of amidine groups is 1. The second-order valence-electron chi connectivity index (χ2n) is 4.20. The quantitative estimate of drug-likeness (QED) is 0.270. The first-order valence-corrected chi connectivity index (χ1v) is 5.90. The maximum absolute atomic E-state index is 12.2. The number of nitrogens with two attached hydrogens (primary N) is 1. The summed E-state index contributed by atoms with van der Waals surface area (Å²) in [4.78, 5) is 0. The van der Waals surface area contributed by atoms with Gasteiger partial charge in [0.2, 0.25) is 0 Å². The maximum atomic E-state index is 12.2. The van der Waals surface area contributed by atoms with Crippen molar-refractivity contribution >= 4 is 5.84 Å². The van der Waals surface area contributed by atoms with Crippen LogP contribution in [0.1, 0.15) is 11.1 Å². The zero-order chi connectivity index (χ0) is 16.0. The van der Waals surface area contributed by atoms with E-state index in [0.717, 1.165) is 0 Å². The van der Waals surface area contributed by atoms with Crippen LogP contribution in [0.25, 0.3) is 0 Å². The number of aliphatic hydroxyl groups is 1. The third-order valence-electron chi connectivity index (χ3n) is 2.71. The largest absolute Gasteiger partial charge is 0.496 e. The molecule has 6 nitrogen and oxygen atoms in total. The zero-order valence-corrected chi connectivity index (χ0v) is 11.2. The fourth-order valence-electron chi connectivity index (χ4n) is 1.59. The third-order valence-corrected chi connectivity index (χ3v) is 2.71. The molecule has 0 aliphatic heterocycles. The van der Waals surface area contributed by atoms with Gasteiger partial charge in [0.15, 0.2) is 11.9 Å². The number of hydrogen-bond donors (Lipinski definition) is 4. The number of oxime groups is 1. The van der Waals surface area contributed by atoms with Crippen molar-refractivity contribution in [1.29, 1.82) is 0 Å². The van der Waals surface area contributed by atoms with Crippen LogP contribution in [0.3, 0.4) is 0 Å². The van der Waals surface area contributed by atoms with Crippen molar-refractivity contribution in [2.45, 2.75) is 18.8 Å². The standard InChI is InChI=1S/C12H16F3N3O3/c1-21-9-3-2-7(11(16)18-20)4-8(9)5-17-6-10(19)12(13,14)15/h2-4,10,17,19-20H,5-6H2,1H3,(H2,16,18). The van der Waals surface area contributed by atoms with E-state index >= 15 is 0 Å². The molecule has 1 aromatic carbocycles. The average molecular weight is 307 g/mol. The number of aliphatic hydroxyl groups excluding tert-OH is 1. The van der Waals surface area contributed by atoms with Crippen molar-refractivity contribution in [3.05, 3.63) is 29.3 Å². The lowest BCUT2D eigenvalue weighted by Crippen LogP contribution is -2.38. The number of benzene rings is 1. The topological polar surface area (TPSA) is 100 Å². The Morgan fingerprint density at radius 3 is 2.67 bits per heavy atom. The van der Waals surface area contributed by atoms with Crippen molar-refractivity contribution in [3.63, 3.8) is 0 Å². The van der Waals surface area contributed by atoms with Gasteiger partial charge in [-0.3, -0.25) is 0 Å². The third kappa shape index (κ3) is 4.80. The van der Waals surface area contributed by atoms with Crippen molar-refractivity contribution in [1.82, 2.24) is 5.32 Å². The van der Waals surface area contributed by atoms with Crippen molar-refractivity contribution < 1.29 is 28.2 Å². The summed E-state index contributed by atoms with van der Waals surface area (Å²) < 4.78 is 41.6. The highest BCUT2D eigenvalue weighted by Crippen LogP contribution is 2.21. The molecule has 0 saturated heterocycles. The molecule has 0 heterocycles. The van der Waals surface area contributed by atoms with E-state index in [2.05, 4.69) is 10.5 Å². The fraction of sp³-hybridized carbons (Fsp3) is 0.417. The molecule has 1 aromatic rings. The first-order valence-electron chi connectivity index (χ1n) is 5.90. The van der Waals surface area contributed by atoms with E-state index in [1.165, 1.54) is 13.2 Å². The second kappa shape index (κ2) is 7.14. The molecule has 0 saturated carbocycles. The smallest absolute Gasteiger partial charge is 0.415 e. The number of methoxy groups -OCH3 is 1. The first kappa shape index (κ1) is 17.1. The molecule has 0 aliphatic rings. The van der Waals surface area contributed by atoms with Crippen LogP contribution >= 0.6 is 0 Å². The number of halogens is 3. The number of alkyl halides is 3. The van der Waals surface area contributed by atoms with Crippen LogP contribution in [-0.2, 0) is 6.54 Å². The van der Waals surface area contributed by atoms with Gasteiger partial charge in [-0.15, -0.1) is 0 Å². The molecule has 21 heavy (non-hydrogen) atoms. The highest BCUT2D eigenvalue weighted by molar-refractivity contribution is 5.97. The van der Waals surface area contributed by atoms with Gasteiger partial charge in [-0.05, 0) is 18.2 Å². The number of ether oxygens (including phenoxy) is 1. The first-order chi connectivity index (χ1) is 9.79. The minimum atomic E-state index is -4.67. The summed E-state index contributed by atoms with van der Waals surface area (Å²) in [5.41, 5.74) is 6.34. The van der Waals surface area contributed by atoms with Gasteiger partial charge < -0.3 is 26.1 Å². The summed E-state index contributed by atoms with van der Waals surface area (Å²) in [5.74, 6) is 0.299. The zero-order valence-electron chi connectivity index (χ0n) is 11.2. The Labute approximate surface area is 119 Å². The van der Waals surface area contributed by atoms with Crippen LogP contribution in [0.2, 0.25) is 0 Å². The Balaban J connectivity index is 2.77. The van der Waals surface area contributed by atoms with E-state index in [-0.39, 0.29) is 12.4 Å². The minimum absolute atomic E-state index is 0.0167. The summed E-state index contributed by atoms with van der Waals surface area (Å²) in [5, 5.41) is 22.8. The Morgan fingerprint density at radius 2 is 2.14 bits per heavy atom. The predicted octanol–water partition coefficient (Wildman–Crippen LogP) is 0.802. The highest BCUT2D eigenvalue weighted by Gasteiger charge is 2.37. The molecule has 0 fully saturated rings. The monoisotopic (exact) mass is 307 g/mol. The van der Waals surface area contributed by atoms with E-state index < -0.39 is 18.8 Å². The normalized spacial score (nSPS) is 14.0. The van der Waals surface area contributed by atoms with E-state index in [1.54, 1.807) is 12.1 Å². The summed E-state index contributed by atoms with van der Waals surface area (Å²) in [6, 6.07) is 4.60. The van der Waals surface area contributed by atoms with E-state index in [4.69, 9.17) is 20.8 Å². The van der Waals surface area contributed by atoms with Crippen LogP contribution in [0.4, 0.5) is 13.2 Å². The average Bonchev–Trinajstić information content (AvgIpc) is 2.45. The van der Waals surface area contributed by atoms with Crippen LogP contribution < -0.4 is 15.8 Å². The molecule has 0 aromatic heterocycles. The fourth-order valence-corrected chi connectivity index (χ4v) is 1.59. The lowest BCUT2D eigenvalue weighted by molar-refractivity contribution is -0.201. The molecule has 5 N–H and O–H groups in total. The Morgan fingerprint density at radius 1 is 1.48 bits per heavy atom. The Bertz CT molecular complexity index is 506. The molecule has 1 atom stereocenters. The predicted molar refractivity (Wildman–Crippen MR) is 69.3 cm³/mol. The van der Waals surface area contributed by atoms with Crippen LogP contribution in [0.15, 0.2) is 23.4 Å². The molecule has 0 amide bonds. The molecule has 1 unspecified atom stereocenters. The van der Waals surface area contributed by atoms with Gasteiger partial charge in [0, 0.05) is 24.2 Å². The number of nitrogens with zero attached hydrogens (tertiary/aromatic N) is 1. The summed E-state index contributed by atoms with van der Waals surface area (Å²) >= 11 is 0. The van der Waals surface area contributed by atoms with Crippen molar-refractivity contribution in [2.75, 3.05) is 13.7 Å². The van der Waals surface area contributed by atoms with Crippen molar-refractivity contribution in [2.24, 2.45) is 10.9 Å². The SMILES string of the molecule is COc1ccc(/C(N)=N/O)cc1CNCC(O)C(F)(F)F. The minimum Gasteiger partial charge on any atom is -0.496 e. The molecule has 9 heteroatoms. The van der Waals surface area contributed by atoms with Crippen molar-refractivity contribution in [3.8, 4) is 5.75 Å². The van der Waals surface area contributed by atoms with E-state index in [9.17, 15) is 13.2 Å². The molecule has 118 valence electrons. The number of rotatable bonds is 6. The van der Waals surface area contributed by atoms with Gasteiger partial charge in [-0.1, -0.05) is 5.16 Å². The van der Waals surface area contributed by atoms with E-state index in [0.29, 0.717) is 16.9 Å². The Hall–Kier alpha value is -2.00. The lowest BCUT2D eigenvalue weighted by atomic mass is 10.1. The van der Waals surface area contributed by atoms with Crippen LogP contribution in [-0.4, -0.2) is 42.1 Å². The van der Waals surface area contributed by atoms with Gasteiger partial charge in [0.1, 0.15) is 5.75 Å². The maximum Gasteiger partial charge on any atom is 0.415 e. The van der Waals surface area contributed by atoms with Gasteiger partial charge >= 0.3 is 6.18 Å². The molecular formula is C12H16F3N3O3. The van der Waals surface area contributed by atoms with Crippen LogP contribution in [0.5, 0.6) is 5.75 Å². The highest BCUT2D eigenvalue weighted by atomic mass is 19.4. The van der Waals surface area contributed by atoms with Gasteiger partial charge in [-0.25, -0.2) is 0 Å².